The zero-order chi connectivity index (χ0) is 16.2. The molecule has 0 spiro atoms. The summed E-state index contributed by atoms with van der Waals surface area (Å²) in [5.41, 5.74) is 2.75. The molecule has 1 amide bonds. The maximum absolute atomic E-state index is 12.3. The number of aryl methyl sites for hydroxylation is 1. The molecule has 1 heterocycles. The Morgan fingerprint density at radius 2 is 2.00 bits per heavy atom. The van der Waals surface area contributed by atoms with Gasteiger partial charge in [-0.05, 0) is 49.6 Å². The number of anilines is 2. The molecule has 0 radical (unpaired) electrons. The topological polar surface area (TPSA) is 54.0 Å². The largest absolute Gasteiger partial charge is 0.349 e. The Balaban J connectivity index is 1.71. The van der Waals surface area contributed by atoms with Crippen LogP contribution in [0.3, 0.4) is 0 Å². The second-order valence-electron chi connectivity index (χ2n) is 5.97. The maximum atomic E-state index is 12.3. The van der Waals surface area contributed by atoms with Crippen LogP contribution in [0, 0.1) is 6.92 Å². The number of amides is 1. The Kier molecular flexibility index (Phi) is 4.96. The normalized spacial score (nSPS) is 14.7. The number of aromatic nitrogens is 1. The summed E-state index contributed by atoms with van der Waals surface area (Å²) in [5, 5.41) is 6.34. The highest BCUT2D eigenvalue weighted by atomic mass is 79.9. The molecule has 2 N–H and O–H groups in total. The predicted molar refractivity (Wildman–Crippen MR) is 96.1 cm³/mol. The highest BCUT2D eigenvalue weighted by Crippen LogP contribution is 2.23. The van der Waals surface area contributed by atoms with Gasteiger partial charge in [0, 0.05) is 28.0 Å². The molecule has 120 valence electrons. The van der Waals surface area contributed by atoms with Crippen molar-refractivity contribution in [1.29, 1.82) is 0 Å². The highest BCUT2D eigenvalue weighted by Gasteiger charge is 2.18. The molecule has 1 saturated carbocycles. The first-order valence-corrected chi connectivity index (χ1v) is 8.71. The van der Waals surface area contributed by atoms with Gasteiger partial charge in [0.05, 0.1) is 0 Å². The minimum Gasteiger partial charge on any atom is -0.349 e. The van der Waals surface area contributed by atoms with E-state index in [1.54, 1.807) is 18.3 Å². The SMILES string of the molecule is Cc1ccc(Nc2cc(C(=O)NC3CCCC3)ccn2)cc1Br. The van der Waals surface area contributed by atoms with Gasteiger partial charge in [0.15, 0.2) is 0 Å². The molecule has 0 saturated heterocycles. The van der Waals surface area contributed by atoms with Gasteiger partial charge >= 0.3 is 0 Å². The van der Waals surface area contributed by atoms with Crippen LogP contribution in [0.2, 0.25) is 0 Å². The first-order chi connectivity index (χ1) is 11.1. The van der Waals surface area contributed by atoms with Gasteiger partial charge in [-0.2, -0.15) is 0 Å². The second kappa shape index (κ2) is 7.13. The Bertz CT molecular complexity index is 711. The summed E-state index contributed by atoms with van der Waals surface area (Å²) in [6.07, 6.45) is 6.24. The standard InChI is InChI=1S/C18H20BrN3O/c1-12-6-7-15(11-16(12)19)21-17-10-13(8-9-20-17)18(23)22-14-4-2-3-5-14/h6-11,14H,2-5H2,1H3,(H,20,21)(H,22,23). The van der Waals surface area contributed by atoms with Crippen LogP contribution in [0.5, 0.6) is 0 Å². The summed E-state index contributed by atoms with van der Waals surface area (Å²) >= 11 is 3.52. The maximum Gasteiger partial charge on any atom is 0.251 e. The van der Waals surface area contributed by atoms with Crippen molar-refractivity contribution in [2.24, 2.45) is 0 Å². The van der Waals surface area contributed by atoms with Crippen molar-refractivity contribution in [3.63, 3.8) is 0 Å². The summed E-state index contributed by atoms with van der Waals surface area (Å²) in [6.45, 7) is 2.04. The monoisotopic (exact) mass is 373 g/mol. The van der Waals surface area contributed by atoms with Crippen LogP contribution < -0.4 is 10.6 Å². The molecule has 1 aliphatic carbocycles. The lowest BCUT2D eigenvalue weighted by molar-refractivity contribution is 0.0938. The minimum atomic E-state index is -0.0209. The van der Waals surface area contributed by atoms with Gasteiger partial charge in [-0.1, -0.05) is 34.8 Å². The van der Waals surface area contributed by atoms with Crippen molar-refractivity contribution in [1.82, 2.24) is 10.3 Å². The summed E-state index contributed by atoms with van der Waals surface area (Å²) in [5.74, 6) is 0.646. The molecule has 0 bridgehead atoms. The molecular formula is C18H20BrN3O. The molecule has 1 aliphatic rings. The first kappa shape index (κ1) is 16.0. The van der Waals surface area contributed by atoms with E-state index in [1.807, 2.05) is 25.1 Å². The Morgan fingerprint density at radius 3 is 2.74 bits per heavy atom. The number of nitrogens with one attached hydrogen (secondary N) is 2. The van der Waals surface area contributed by atoms with Gasteiger partial charge in [0.1, 0.15) is 5.82 Å². The van der Waals surface area contributed by atoms with Crippen LogP contribution in [0.1, 0.15) is 41.6 Å². The Labute approximate surface area is 144 Å². The van der Waals surface area contributed by atoms with Crippen LogP contribution in [-0.2, 0) is 0 Å². The fourth-order valence-corrected chi connectivity index (χ4v) is 3.18. The fraction of sp³-hybridized carbons (Fsp3) is 0.333. The molecule has 3 rings (SSSR count). The number of hydrogen-bond donors (Lipinski definition) is 2. The van der Waals surface area contributed by atoms with Crippen molar-refractivity contribution < 1.29 is 4.79 Å². The van der Waals surface area contributed by atoms with Gasteiger partial charge in [0.2, 0.25) is 0 Å². The van der Waals surface area contributed by atoms with E-state index in [0.717, 1.165) is 23.0 Å². The third-order valence-electron chi connectivity index (χ3n) is 4.16. The third kappa shape index (κ3) is 4.10. The van der Waals surface area contributed by atoms with Crippen molar-refractivity contribution in [2.45, 2.75) is 38.6 Å². The molecule has 1 fully saturated rings. The zero-order valence-corrected chi connectivity index (χ0v) is 14.7. The Morgan fingerprint density at radius 1 is 1.22 bits per heavy atom. The van der Waals surface area contributed by atoms with E-state index < -0.39 is 0 Å². The van der Waals surface area contributed by atoms with Crippen molar-refractivity contribution in [3.8, 4) is 0 Å². The highest BCUT2D eigenvalue weighted by molar-refractivity contribution is 9.10. The lowest BCUT2D eigenvalue weighted by Gasteiger charge is -2.13. The summed E-state index contributed by atoms with van der Waals surface area (Å²) < 4.78 is 1.04. The Hall–Kier alpha value is -1.88. The molecule has 5 heteroatoms. The molecule has 2 aromatic rings. The van der Waals surface area contributed by atoms with E-state index in [9.17, 15) is 4.79 Å². The molecule has 0 unspecified atom stereocenters. The zero-order valence-electron chi connectivity index (χ0n) is 13.1. The minimum absolute atomic E-state index is 0.0209. The summed E-state index contributed by atoms with van der Waals surface area (Å²) in [6, 6.07) is 9.89. The van der Waals surface area contributed by atoms with Gasteiger partial charge in [-0.25, -0.2) is 4.98 Å². The number of nitrogens with zero attached hydrogens (tertiary/aromatic N) is 1. The second-order valence-corrected chi connectivity index (χ2v) is 6.83. The van der Waals surface area contributed by atoms with E-state index in [-0.39, 0.29) is 5.91 Å². The van der Waals surface area contributed by atoms with Crippen molar-refractivity contribution >= 4 is 33.3 Å². The number of carbonyl (C=O) groups excluding carboxylic acids is 1. The summed E-state index contributed by atoms with van der Waals surface area (Å²) in [4.78, 5) is 16.6. The van der Waals surface area contributed by atoms with Gasteiger partial charge in [-0.3, -0.25) is 4.79 Å². The molecule has 1 aromatic heterocycles. The number of halogens is 1. The van der Waals surface area contributed by atoms with Crippen LogP contribution >= 0.6 is 15.9 Å². The van der Waals surface area contributed by atoms with E-state index in [2.05, 4.69) is 31.5 Å². The molecule has 4 nitrogen and oxygen atoms in total. The van der Waals surface area contributed by atoms with Crippen LogP contribution in [0.4, 0.5) is 11.5 Å². The van der Waals surface area contributed by atoms with Crippen molar-refractivity contribution in [3.05, 3.63) is 52.1 Å². The predicted octanol–water partition coefficient (Wildman–Crippen LogP) is 4.57. The van der Waals surface area contributed by atoms with Gasteiger partial charge < -0.3 is 10.6 Å². The van der Waals surface area contributed by atoms with E-state index in [4.69, 9.17) is 0 Å². The van der Waals surface area contributed by atoms with Crippen LogP contribution in [0.15, 0.2) is 41.0 Å². The number of carbonyl (C=O) groups is 1. The quantitative estimate of drug-likeness (QED) is 0.825. The summed E-state index contributed by atoms with van der Waals surface area (Å²) in [7, 11) is 0. The number of hydrogen-bond acceptors (Lipinski definition) is 3. The van der Waals surface area contributed by atoms with E-state index >= 15 is 0 Å². The fourth-order valence-electron chi connectivity index (χ4n) is 2.80. The van der Waals surface area contributed by atoms with Gasteiger partial charge in [-0.15, -0.1) is 0 Å². The first-order valence-electron chi connectivity index (χ1n) is 7.92. The smallest absolute Gasteiger partial charge is 0.251 e. The molecule has 23 heavy (non-hydrogen) atoms. The lowest BCUT2D eigenvalue weighted by atomic mass is 10.2. The number of pyridine rings is 1. The van der Waals surface area contributed by atoms with Crippen LogP contribution in [0.25, 0.3) is 0 Å². The third-order valence-corrected chi connectivity index (χ3v) is 5.01. The molecule has 1 aromatic carbocycles. The molecular weight excluding hydrogens is 354 g/mol. The van der Waals surface area contributed by atoms with Crippen LogP contribution in [-0.4, -0.2) is 16.9 Å². The van der Waals surface area contributed by atoms with Gasteiger partial charge in [0.25, 0.3) is 5.91 Å². The average molecular weight is 374 g/mol. The average Bonchev–Trinajstić information content (AvgIpc) is 3.04. The molecule has 0 atom stereocenters. The van der Waals surface area contributed by atoms with E-state index in [1.165, 1.54) is 18.4 Å². The van der Waals surface area contributed by atoms with Crippen molar-refractivity contribution in [2.75, 3.05) is 5.32 Å². The molecule has 0 aliphatic heterocycles. The lowest BCUT2D eigenvalue weighted by Crippen LogP contribution is -2.32. The van der Waals surface area contributed by atoms with E-state index in [0.29, 0.717) is 17.4 Å². The number of rotatable bonds is 4. The number of benzene rings is 1.